The molecule has 112 valence electrons. The van der Waals surface area contributed by atoms with Crippen molar-refractivity contribution in [3.8, 4) is 0 Å². The van der Waals surface area contributed by atoms with Crippen molar-refractivity contribution in [2.24, 2.45) is 0 Å². The Morgan fingerprint density at radius 3 is 2.45 bits per heavy atom. The highest BCUT2D eigenvalue weighted by Gasteiger charge is 2.31. The summed E-state index contributed by atoms with van der Waals surface area (Å²) < 4.78 is 37.5. The van der Waals surface area contributed by atoms with E-state index in [1.807, 2.05) is 6.92 Å². The van der Waals surface area contributed by atoms with E-state index in [-0.39, 0.29) is 17.9 Å². The lowest BCUT2D eigenvalue weighted by molar-refractivity contribution is -0.119. The summed E-state index contributed by atoms with van der Waals surface area (Å²) in [7, 11) is 0. The molecule has 1 rings (SSSR count). The number of carboxylic acids is 1. The quantitative estimate of drug-likeness (QED) is 0.874. The summed E-state index contributed by atoms with van der Waals surface area (Å²) in [5, 5.41) is 9.02. The smallest absolute Gasteiger partial charge is 0.405 e. The normalized spacial score (nSPS) is 11.4. The topological polar surface area (TPSA) is 53.4 Å². The third-order valence-corrected chi connectivity index (χ3v) is 2.69. The SMILES string of the molecule is CCCc1cc(C(=O)O)cc(N(CC)CC(F)(F)F)n1. The van der Waals surface area contributed by atoms with Crippen LogP contribution < -0.4 is 4.90 Å². The number of alkyl halides is 3. The first-order valence-electron chi connectivity index (χ1n) is 6.32. The third-order valence-electron chi connectivity index (χ3n) is 2.69. The van der Waals surface area contributed by atoms with E-state index in [0.717, 1.165) is 11.3 Å². The summed E-state index contributed by atoms with van der Waals surface area (Å²) in [6, 6.07) is 2.58. The van der Waals surface area contributed by atoms with E-state index in [2.05, 4.69) is 4.98 Å². The van der Waals surface area contributed by atoms with Crippen molar-refractivity contribution in [1.29, 1.82) is 0 Å². The maximum atomic E-state index is 12.5. The Kier molecular flexibility index (Phi) is 5.35. The zero-order valence-electron chi connectivity index (χ0n) is 11.4. The van der Waals surface area contributed by atoms with E-state index >= 15 is 0 Å². The molecule has 0 amide bonds. The van der Waals surface area contributed by atoms with E-state index in [1.165, 1.54) is 12.1 Å². The predicted octanol–water partition coefficient (Wildman–Crippen LogP) is 3.12. The Hall–Kier alpha value is -1.79. The molecule has 20 heavy (non-hydrogen) atoms. The lowest BCUT2D eigenvalue weighted by atomic mass is 10.1. The van der Waals surface area contributed by atoms with Gasteiger partial charge in [-0.2, -0.15) is 13.2 Å². The van der Waals surface area contributed by atoms with Crippen molar-refractivity contribution in [3.63, 3.8) is 0 Å². The molecule has 1 aromatic heterocycles. The number of pyridine rings is 1. The van der Waals surface area contributed by atoms with Crippen LogP contribution in [-0.2, 0) is 6.42 Å². The van der Waals surface area contributed by atoms with Gasteiger partial charge in [-0.3, -0.25) is 0 Å². The number of rotatable bonds is 6. The maximum absolute atomic E-state index is 12.5. The number of aromatic carboxylic acids is 1. The van der Waals surface area contributed by atoms with Crippen LogP contribution in [0.5, 0.6) is 0 Å². The van der Waals surface area contributed by atoms with Gasteiger partial charge in [0.2, 0.25) is 0 Å². The van der Waals surface area contributed by atoms with Crippen molar-refractivity contribution in [3.05, 3.63) is 23.4 Å². The van der Waals surface area contributed by atoms with Crippen LogP contribution in [0.1, 0.15) is 36.3 Å². The molecule has 0 saturated heterocycles. The predicted molar refractivity (Wildman–Crippen MR) is 69.1 cm³/mol. The van der Waals surface area contributed by atoms with Gasteiger partial charge >= 0.3 is 12.1 Å². The minimum atomic E-state index is -4.36. The number of anilines is 1. The number of carbonyl (C=O) groups is 1. The number of halogens is 3. The fraction of sp³-hybridized carbons (Fsp3) is 0.538. The van der Waals surface area contributed by atoms with Crippen molar-refractivity contribution in [2.75, 3.05) is 18.0 Å². The molecule has 0 radical (unpaired) electrons. The lowest BCUT2D eigenvalue weighted by Gasteiger charge is -2.24. The Balaban J connectivity index is 3.16. The van der Waals surface area contributed by atoms with Crippen LogP contribution in [0.2, 0.25) is 0 Å². The molecule has 0 fully saturated rings. The van der Waals surface area contributed by atoms with Gasteiger partial charge in [0.1, 0.15) is 12.4 Å². The van der Waals surface area contributed by atoms with Gasteiger partial charge in [0.15, 0.2) is 0 Å². The van der Waals surface area contributed by atoms with Gasteiger partial charge in [-0.1, -0.05) is 13.3 Å². The Bertz CT molecular complexity index is 475. The van der Waals surface area contributed by atoms with Gasteiger partial charge in [0, 0.05) is 12.2 Å². The molecule has 0 saturated carbocycles. The largest absolute Gasteiger partial charge is 0.478 e. The monoisotopic (exact) mass is 290 g/mol. The molecule has 1 N–H and O–H groups in total. The van der Waals surface area contributed by atoms with E-state index in [4.69, 9.17) is 5.11 Å². The molecule has 0 spiro atoms. The fourth-order valence-corrected chi connectivity index (χ4v) is 1.81. The summed E-state index contributed by atoms with van der Waals surface area (Å²) in [6.07, 6.45) is -3.10. The van der Waals surface area contributed by atoms with Crippen molar-refractivity contribution >= 4 is 11.8 Å². The molecular weight excluding hydrogens is 273 g/mol. The summed E-state index contributed by atoms with van der Waals surface area (Å²) in [6.45, 7) is 2.41. The molecule has 7 heteroatoms. The van der Waals surface area contributed by atoms with Gasteiger partial charge in [-0.15, -0.1) is 0 Å². The van der Waals surface area contributed by atoms with Crippen molar-refractivity contribution in [1.82, 2.24) is 4.98 Å². The van der Waals surface area contributed by atoms with Crippen LogP contribution in [0, 0.1) is 0 Å². The maximum Gasteiger partial charge on any atom is 0.405 e. The van der Waals surface area contributed by atoms with Gasteiger partial charge in [-0.05, 0) is 25.5 Å². The van der Waals surface area contributed by atoms with Crippen LogP contribution in [0.4, 0.5) is 19.0 Å². The summed E-state index contributed by atoms with van der Waals surface area (Å²) in [5.41, 5.74) is 0.446. The van der Waals surface area contributed by atoms with Gasteiger partial charge in [0.05, 0.1) is 5.56 Å². The van der Waals surface area contributed by atoms with Crippen molar-refractivity contribution < 1.29 is 23.1 Å². The number of nitrogens with zero attached hydrogens (tertiary/aromatic N) is 2. The van der Waals surface area contributed by atoms with Gasteiger partial charge in [-0.25, -0.2) is 9.78 Å². The van der Waals surface area contributed by atoms with Crippen molar-refractivity contribution in [2.45, 2.75) is 32.9 Å². The number of hydrogen-bond acceptors (Lipinski definition) is 3. The zero-order chi connectivity index (χ0) is 15.3. The second-order valence-corrected chi connectivity index (χ2v) is 4.39. The number of aryl methyl sites for hydroxylation is 1. The molecule has 0 aromatic carbocycles. The molecule has 0 unspecified atom stereocenters. The number of hydrogen-bond donors (Lipinski definition) is 1. The summed E-state index contributed by atoms with van der Waals surface area (Å²) >= 11 is 0. The molecule has 0 bridgehead atoms. The number of carboxylic acid groups (broad SMARTS) is 1. The van der Waals surface area contributed by atoms with Gasteiger partial charge in [0.25, 0.3) is 0 Å². The molecule has 1 aromatic rings. The molecule has 0 aliphatic heterocycles. The summed E-state index contributed by atoms with van der Waals surface area (Å²) in [4.78, 5) is 16.2. The Labute approximate surface area is 115 Å². The fourth-order valence-electron chi connectivity index (χ4n) is 1.81. The second-order valence-electron chi connectivity index (χ2n) is 4.39. The highest BCUT2D eigenvalue weighted by atomic mass is 19.4. The van der Waals surface area contributed by atoms with Crippen LogP contribution >= 0.6 is 0 Å². The number of aromatic nitrogens is 1. The van der Waals surface area contributed by atoms with E-state index in [9.17, 15) is 18.0 Å². The standard InChI is InChI=1S/C13H17F3N2O2/c1-3-5-10-6-9(12(19)20)7-11(17-10)18(4-2)8-13(14,15)16/h6-7H,3-5,8H2,1-2H3,(H,19,20). The van der Waals surface area contributed by atoms with Crippen LogP contribution in [-0.4, -0.2) is 35.3 Å². The molecule has 0 atom stereocenters. The average molecular weight is 290 g/mol. The highest BCUT2D eigenvalue weighted by molar-refractivity contribution is 5.88. The lowest BCUT2D eigenvalue weighted by Crippen LogP contribution is -2.35. The van der Waals surface area contributed by atoms with E-state index < -0.39 is 18.7 Å². The van der Waals surface area contributed by atoms with Crippen LogP contribution in [0.3, 0.4) is 0 Å². The molecular formula is C13H17F3N2O2. The second kappa shape index (κ2) is 6.58. The Morgan fingerprint density at radius 1 is 1.35 bits per heavy atom. The molecule has 4 nitrogen and oxygen atoms in total. The minimum absolute atomic E-state index is 0.0425. The van der Waals surface area contributed by atoms with Gasteiger partial charge < -0.3 is 10.0 Å². The first kappa shape index (κ1) is 16.3. The first-order chi connectivity index (χ1) is 9.26. The molecule has 0 aliphatic carbocycles. The van der Waals surface area contributed by atoms with E-state index in [0.29, 0.717) is 12.1 Å². The molecule has 0 aliphatic rings. The highest BCUT2D eigenvalue weighted by Crippen LogP contribution is 2.22. The minimum Gasteiger partial charge on any atom is -0.478 e. The van der Waals surface area contributed by atoms with Crippen LogP contribution in [0.15, 0.2) is 12.1 Å². The summed E-state index contributed by atoms with van der Waals surface area (Å²) in [5.74, 6) is -1.12. The van der Waals surface area contributed by atoms with E-state index in [1.54, 1.807) is 6.92 Å². The third kappa shape index (κ3) is 4.71. The average Bonchev–Trinajstić information content (AvgIpc) is 2.34. The first-order valence-corrected chi connectivity index (χ1v) is 6.32. The molecule has 1 heterocycles. The van der Waals surface area contributed by atoms with Crippen LogP contribution in [0.25, 0.3) is 0 Å². The zero-order valence-corrected chi connectivity index (χ0v) is 11.4. The Morgan fingerprint density at radius 2 is 2.00 bits per heavy atom.